The van der Waals surface area contributed by atoms with Crippen LogP contribution in [0.4, 0.5) is 11.6 Å². The first-order valence-electron chi connectivity index (χ1n) is 8.83. The monoisotopic (exact) mass is 370 g/mol. The predicted octanol–water partition coefficient (Wildman–Crippen LogP) is 2.05. The van der Waals surface area contributed by atoms with Gasteiger partial charge in [0.05, 0.1) is 36.6 Å². The van der Waals surface area contributed by atoms with E-state index < -0.39 is 5.97 Å². The molecular formula is C19H22N4O4. The minimum Gasteiger partial charge on any atom is -0.462 e. The largest absolute Gasteiger partial charge is 0.462 e. The summed E-state index contributed by atoms with van der Waals surface area (Å²) in [4.78, 5) is 35.2. The summed E-state index contributed by atoms with van der Waals surface area (Å²) in [5, 5.41) is 2.78. The van der Waals surface area contributed by atoms with Crippen LogP contribution in [0, 0.1) is 6.92 Å². The first kappa shape index (κ1) is 18.8. The Morgan fingerprint density at radius 1 is 1.30 bits per heavy atom. The van der Waals surface area contributed by atoms with Gasteiger partial charge in [0.1, 0.15) is 0 Å². The van der Waals surface area contributed by atoms with E-state index in [1.807, 2.05) is 4.90 Å². The van der Waals surface area contributed by atoms with Crippen molar-refractivity contribution in [1.29, 1.82) is 0 Å². The van der Waals surface area contributed by atoms with Gasteiger partial charge in [0.25, 0.3) is 5.91 Å². The van der Waals surface area contributed by atoms with Crippen molar-refractivity contribution in [2.75, 3.05) is 43.1 Å². The highest BCUT2D eigenvalue weighted by Gasteiger charge is 2.17. The lowest BCUT2D eigenvalue weighted by molar-refractivity contribution is 0.0526. The van der Waals surface area contributed by atoms with Crippen LogP contribution in [0.25, 0.3) is 0 Å². The van der Waals surface area contributed by atoms with Gasteiger partial charge in [-0.3, -0.25) is 4.79 Å². The standard InChI is InChI=1S/C19H22N4O4/c1-3-27-18(25)14-5-4-6-15(11-14)22-17(24)16-12-20-19(21-13(16)2)23-7-9-26-10-8-23/h4-6,11-12H,3,7-10H2,1-2H3,(H,22,24). The van der Waals surface area contributed by atoms with E-state index in [1.165, 1.54) is 6.20 Å². The summed E-state index contributed by atoms with van der Waals surface area (Å²) in [6.45, 7) is 6.55. The Kier molecular flexibility index (Phi) is 5.97. The van der Waals surface area contributed by atoms with Crippen LogP contribution in [0.15, 0.2) is 30.5 Å². The Balaban J connectivity index is 1.72. The van der Waals surface area contributed by atoms with Gasteiger partial charge in [-0.1, -0.05) is 6.07 Å². The predicted molar refractivity (Wildman–Crippen MR) is 100 cm³/mol. The van der Waals surface area contributed by atoms with Crippen molar-refractivity contribution in [3.63, 3.8) is 0 Å². The highest BCUT2D eigenvalue weighted by molar-refractivity contribution is 6.05. The Labute approximate surface area is 157 Å². The smallest absolute Gasteiger partial charge is 0.338 e. The van der Waals surface area contributed by atoms with Gasteiger partial charge in [0.2, 0.25) is 5.95 Å². The molecule has 1 aromatic carbocycles. The van der Waals surface area contributed by atoms with E-state index in [2.05, 4.69) is 15.3 Å². The fourth-order valence-electron chi connectivity index (χ4n) is 2.73. The number of aryl methyl sites for hydroxylation is 1. The van der Waals surface area contributed by atoms with Crippen LogP contribution < -0.4 is 10.2 Å². The van der Waals surface area contributed by atoms with E-state index in [0.29, 0.717) is 48.3 Å². The number of ether oxygens (including phenoxy) is 2. The van der Waals surface area contributed by atoms with Crippen molar-refractivity contribution in [2.24, 2.45) is 0 Å². The molecule has 1 fully saturated rings. The second-order valence-corrected chi connectivity index (χ2v) is 6.02. The van der Waals surface area contributed by atoms with Crippen molar-refractivity contribution in [2.45, 2.75) is 13.8 Å². The molecule has 0 aliphatic carbocycles. The second-order valence-electron chi connectivity index (χ2n) is 6.02. The third-order valence-corrected chi connectivity index (χ3v) is 4.14. The van der Waals surface area contributed by atoms with Gasteiger partial charge >= 0.3 is 5.97 Å². The number of esters is 1. The van der Waals surface area contributed by atoms with Gasteiger partial charge in [0.15, 0.2) is 0 Å². The van der Waals surface area contributed by atoms with Crippen LogP contribution in [0.1, 0.15) is 33.3 Å². The maximum Gasteiger partial charge on any atom is 0.338 e. The quantitative estimate of drug-likeness (QED) is 0.805. The Morgan fingerprint density at radius 2 is 2.07 bits per heavy atom. The Morgan fingerprint density at radius 3 is 2.78 bits per heavy atom. The van der Waals surface area contributed by atoms with Gasteiger partial charge in [0, 0.05) is 25.0 Å². The fraction of sp³-hybridized carbons (Fsp3) is 0.368. The molecule has 142 valence electrons. The van der Waals surface area contributed by atoms with Crippen molar-refractivity contribution >= 4 is 23.5 Å². The van der Waals surface area contributed by atoms with Gasteiger partial charge in [-0.25, -0.2) is 14.8 Å². The molecule has 0 unspecified atom stereocenters. The van der Waals surface area contributed by atoms with E-state index in [9.17, 15) is 9.59 Å². The van der Waals surface area contributed by atoms with Gasteiger partial charge in [-0.05, 0) is 32.0 Å². The Hall–Kier alpha value is -3.00. The molecule has 1 aliphatic heterocycles. The molecule has 1 saturated heterocycles. The number of hydrogen-bond acceptors (Lipinski definition) is 7. The molecule has 1 aliphatic rings. The molecule has 2 heterocycles. The number of aromatic nitrogens is 2. The van der Waals surface area contributed by atoms with E-state index in [4.69, 9.17) is 9.47 Å². The van der Waals surface area contributed by atoms with Gasteiger partial charge in [-0.2, -0.15) is 0 Å². The lowest BCUT2D eigenvalue weighted by Gasteiger charge is -2.27. The summed E-state index contributed by atoms with van der Waals surface area (Å²) < 4.78 is 10.3. The summed E-state index contributed by atoms with van der Waals surface area (Å²) in [6.07, 6.45) is 1.53. The molecule has 8 nitrogen and oxygen atoms in total. The highest BCUT2D eigenvalue weighted by Crippen LogP contribution is 2.16. The molecule has 0 saturated carbocycles. The van der Waals surface area contributed by atoms with Gasteiger partial charge < -0.3 is 19.7 Å². The van der Waals surface area contributed by atoms with E-state index in [0.717, 1.165) is 13.1 Å². The number of carbonyl (C=O) groups excluding carboxylic acids is 2. The van der Waals surface area contributed by atoms with Crippen LogP contribution in [0.2, 0.25) is 0 Å². The molecule has 1 aromatic heterocycles. The molecule has 1 amide bonds. The number of nitrogens with zero attached hydrogens (tertiary/aromatic N) is 3. The minimum absolute atomic E-state index is 0.293. The molecule has 2 aromatic rings. The molecular weight excluding hydrogens is 348 g/mol. The number of amides is 1. The zero-order valence-corrected chi connectivity index (χ0v) is 15.4. The maximum absolute atomic E-state index is 12.6. The molecule has 8 heteroatoms. The normalized spacial score (nSPS) is 13.9. The number of hydrogen-bond donors (Lipinski definition) is 1. The first-order valence-corrected chi connectivity index (χ1v) is 8.83. The number of anilines is 2. The molecule has 0 spiro atoms. The maximum atomic E-state index is 12.6. The van der Waals surface area contributed by atoms with E-state index >= 15 is 0 Å². The van der Waals surface area contributed by atoms with Gasteiger partial charge in [-0.15, -0.1) is 0 Å². The lowest BCUT2D eigenvalue weighted by atomic mass is 10.2. The number of rotatable bonds is 5. The van der Waals surface area contributed by atoms with Crippen molar-refractivity contribution in [1.82, 2.24) is 9.97 Å². The number of nitrogens with one attached hydrogen (secondary N) is 1. The van der Waals surface area contributed by atoms with E-state index in [1.54, 1.807) is 38.1 Å². The molecule has 27 heavy (non-hydrogen) atoms. The summed E-state index contributed by atoms with van der Waals surface area (Å²) in [7, 11) is 0. The summed E-state index contributed by atoms with van der Waals surface area (Å²) in [5.41, 5.74) is 1.85. The van der Waals surface area contributed by atoms with Crippen molar-refractivity contribution in [3.05, 3.63) is 47.3 Å². The molecule has 3 rings (SSSR count). The second kappa shape index (κ2) is 8.59. The van der Waals surface area contributed by atoms with Crippen LogP contribution in [-0.2, 0) is 9.47 Å². The average Bonchev–Trinajstić information content (AvgIpc) is 2.69. The van der Waals surface area contributed by atoms with E-state index in [-0.39, 0.29) is 5.91 Å². The zero-order valence-electron chi connectivity index (χ0n) is 15.4. The third kappa shape index (κ3) is 4.59. The first-order chi connectivity index (χ1) is 13.1. The van der Waals surface area contributed by atoms with Crippen LogP contribution >= 0.6 is 0 Å². The van der Waals surface area contributed by atoms with Crippen LogP contribution in [0.5, 0.6) is 0 Å². The number of carbonyl (C=O) groups is 2. The number of benzene rings is 1. The lowest BCUT2D eigenvalue weighted by Crippen LogP contribution is -2.37. The summed E-state index contributed by atoms with van der Waals surface area (Å²) in [5.74, 6) is -0.165. The topological polar surface area (TPSA) is 93.6 Å². The zero-order chi connectivity index (χ0) is 19.2. The van der Waals surface area contributed by atoms with Crippen molar-refractivity contribution < 1.29 is 19.1 Å². The summed E-state index contributed by atoms with van der Waals surface area (Å²) >= 11 is 0. The molecule has 0 bridgehead atoms. The molecule has 0 radical (unpaired) electrons. The SMILES string of the molecule is CCOC(=O)c1cccc(NC(=O)c2cnc(N3CCOCC3)nc2C)c1. The molecule has 1 N–H and O–H groups in total. The number of morpholine rings is 1. The average molecular weight is 370 g/mol. The highest BCUT2D eigenvalue weighted by atomic mass is 16.5. The van der Waals surface area contributed by atoms with Crippen LogP contribution in [0.3, 0.4) is 0 Å². The Bertz CT molecular complexity index is 834. The van der Waals surface area contributed by atoms with Crippen molar-refractivity contribution in [3.8, 4) is 0 Å². The summed E-state index contributed by atoms with van der Waals surface area (Å²) in [6, 6.07) is 6.61. The fourth-order valence-corrected chi connectivity index (χ4v) is 2.73. The minimum atomic E-state index is -0.428. The van der Waals surface area contributed by atoms with Crippen LogP contribution in [-0.4, -0.2) is 54.8 Å². The molecule has 0 atom stereocenters. The third-order valence-electron chi connectivity index (χ3n) is 4.14.